The van der Waals surface area contributed by atoms with Crippen LogP contribution in [0, 0.1) is 0 Å². The maximum absolute atomic E-state index is 11.6. The van der Waals surface area contributed by atoms with E-state index in [9.17, 15) is 35.4 Å². The van der Waals surface area contributed by atoms with Gasteiger partial charge in [0.1, 0.15) is 30.1 Å². The van der Waals surface area contributed by atoms with Crippen LogP contribution in [0.15, 0.2) is 24.4 Å². The second-order valence-corrected chi connectivity index (χ2v) is 6.68. The fraction of sp³-hybridized carbons (Fsp3) is 0.471. The summed E-state index contributed by atoms with van der Waals surface area (Å²) in [6.07, 6.45) is -3.13. The molecule has 5 atom stereocenters. The van der Waals surface area contributed by atoms with E-state index in [0.29, 0.717) is 10.9 Å². The molecule has 0 amide bonds. The van der Waals surface area contributed by atoms with Gasteiger partial charge in [-0.3, -0.25) is 10.1 Å². The molecule has 1 aromatic heterocycles. The third-order valence-electron chi connectivity index (χ3n) is 4.76. The first-order valence-corrected chi connectivity index (χ1v) is 8.37. The Kier molecular flexibility index (Phi) is 5.38. The van der Waals surface area contributed by atoms with E-state index in [1.165, 1.54) is 12.1 Å². The van der Waals surface area contributed by atoms with E-state index in [-0.39, 0.29) is 12.2 Å². The first kappa shape index (κ1) is 19.5. The van der Waals surface area contributed by atoms with Crippen LogP contribution in [-0.4, -0.2) is 84.9 Å². The highest BCUT2D eigenvalue weighted by Crippen LogP contribution is 2.25. The van der Waals surface area contributed by atoms with Crippen LogP contribution >= 0.6 is 0 Å². The average Bonchev–Trinajstić information content (AvgIpc) is 3.02. The summed E-state index contributed by atoms with van der Waals surface area (Å²) in [6.45, 7) is -0.890. The van der Waals surface area contributed by atoms with Crippen LogP contribution in [0.2, 0.25) is 0 Å². The summed E-state index contributed by atoms with van der Waals surface area (Å²) < 4.78 is 5.01. The van der Waals surface area contributed by atoms with Crippen molar-refractivity contribution in [1.29, 1.82) is 0 Å². The Bertz CT molecular complexity index is 824. The van der Waals surface area contributed by atoms with Crippen LogP contribution < -0.4 is 5.32 Å². The van der Waals surface area contributed by atoms with Crippen LogP contribution in [0.5, 0.6) is 5.75 Å². The van der Waals surface area contributed by atoms with Gasteiger partial charge in [-0.05, 0) is 23.8 Å². The highest BCUT2D eigenvalue weighted by molar-refractivity contribution is 5.85. The van der Waals surface area contributed by atoms with Gasteiger partial charge in [0.2, 0.25) is 5.79 Å². The first-order valence-electron chi connectivity index (χ1n) is 8.37. The molecule has 1 aliphatic rings. The molecule has 0 saturated carbocycles. The molecule has 3 rings (SSSR count). The van der Waals surface area contributed by atoms with Crippen molar-refractivity contribution >= 4 is 16.9 Å². The van der Waals surface area contributed by atoms with E-state index < -0.39 is 49.3 Å². The number of aliphatic hydroxyl groups excluding tert-OH is 3. The number of phenols is 1. The van der Waals surface area contributed by atoms with Crippen LogP contribution in [0.3, 0.4) is 0 Å². The molecule has 2 aromatic rings. The van der Waals surface area contributed by atoms with Gasteiger partial charge in [0, 0.05) is 23.5 Å². The molecule has 1 aliphatic heterocycles. The lowest BCUT2D eigenvalue weighted by molar-refractivity contribution is -0.318. The lowest BCUT2D eigenvalue weighted by Gasteiger charge is -2.42. The number of fused-ring (bicyclic) bond motifs is 1. The number of rotatable bonds is 6. The number of phenolic OH excluding ortho intramolecular Hbond substituents is 1. The molecular formula is C17H22N2O8. The number of aliphatic carboxylic acids is 1. The molecule has 1 saturated heterocycles. The molecule has 8 N–H and O–H groups in total. The number of hydrogen-bond donors (Lipinski definition) is 8. The molecule has 2 heterocycles. The Hall–Kier alpha value is -2.21. The maximum atomic E-state index is 11.6. The number of benzene rings is 1. The molecule has 0 bridgehead atoms. The Labute approximate surface area is 153 Å². The molecule has 0 aliphatic carbocycles. The van der Waals surface area contributed by atoms with E-state index in [2.05, 4.69) is 10.3 Å². The quantitative estimate of drug-likeness (QED) is 0.288. The van der Waals surface area contributed by atoms with Gasteiger partial charge in [0.25, 0.3) is 0 Å². The summed E-state index contributed by atoms with van der Waals surface area (Å²) in [7, 11) is 0. The number of H-pyrrole nitrogens is 1. The molecular weight excluding hydrogens is 360 g/mol. The monoisotopic (exact) mass is 382 g/mol. The van der Waals surface area contributed by atoms with Crippen molar-refractivity contribution in [1.82, 2.24) is 10.3 Å². The van der Waals surface area contributed by atoms with Crippen molar-refractivity contribution in [3.63, 3.8) is 0 Å². The highest BCUT2D eigenvalue weighted by Gasteiger charge is 2.48. The molecule has 148 valence electrons. The number of aromatic amines is 1. The number of aliphatic hydroxyl groups is 4. The van der Waals surface area contributed by atoms with Crippen LogP contribution in [-0.2, 0) is 16.0 Å². The van der Waals surface area contributed by atoms with Crippen molar-refractivity contribution in [3.8, 4) is 5.75 Å². The van der Waals surface area contributed by atoms with E-state index >= 15 is 0 Å². The summed E-state index contributed by atoms with van der Waals surface area (Å²) in [6, 6.07) is 3.54. The highest BCUT2D eigenvalue weighted by atomic mass is 16.6. The minimum absolute atomic E-state index is 0.0239. The van der Waals surface area contributed by atoms with Gasteiger partial charge < -0.3 is 40.4 Å². The van der Waals surface area contributed by atoms with Gasteiger partial charge in [-0.15, -0.1) is 0 Å². The molecule has 0 unspecified atom stereocenters. The number of carbonyl (C=O) groups is 1. The summed E-state index contributed by atoms with van der Waals surface area (Å²) in [5, 5.41) is 61.8. The maximum Gasteiger partial charge on any atom is 0.321 e. The minimum Gasteiger partial charge on any atom is -0.508 e. The standard InChI is InChI=1S/C17H22N2O8/c20-9-1-2-11-10(4-9)8(5-18-11)3-12(16(24)25)19-7-17(26)15(23)14(22)13(21)6-27-17/h1-2,4-5,12-15,18-23,26H,3,6-7H2,(H,24,25)/t12-,13+,14+,15+,17+/m0/s1. The van der Waals surface area contributed by atoms with E-state index in [1.54, 1.807) is 12.3 Å². The Balaban J connectivity index is 1.73. The van der Waals surface area contributed by atoms with E-state index in [1.807, 2.05) is 0 Å². The zero-order valence-corrected chi connectivity index (χ0v) is 14.2. The number of aromatic hydroxyl groups is 1. The number of nitrogens with one attached hydrogen (secondary N) is 2. The van der Waals surface area contributed by atoms with Crippen molar-refractivity contribution < 1.29 is 40.2 Å². The van der Waals surface area contributed by atoms with E-state index in [0.717, 1.165) is 5.52 Å². The predicted octanol–water partition coefficient (Wildman–Crippen LogP) is -1.74. The third-order valence-corrected chi connectivity index (χ3v) is 4.76. The smallest absolute Gasteiger partial charge is 0.321 e. The van der Waals surface area contributed by atoms with Gasteiger partial charge in [-0.2, -0.15) is 0 Å². The molecule has 0 spiro atoms. The molecule has 1 fully saturated rings. The third kappa shape index (κ3) is 3.90. The number of hydrogen-bond acceptors (Lipinski definition) is 8. The van der Waals surface area contributed by atoms with Gasteiger partial charge in [-0.1, -0.05) is 0 Å². The fourth-order valence-corrected chi connectivity index (χ4v) is 3.12. The second-order valence-electron chi connectivity index (χ2n) is 6.68. The van der Waals surface area contributed by atoms with Crippen molar-refractivity contribution in [2.75, 3.05) is 13.2 Å². The fourth-order valence-electron chi connectivity index (χ4n) is 3.12. The van der Waals surface area contributed by atoms with Gasteiger partial charge in [0.15, 0.2) is 0 Å². The number of ether oxygens (including phenoxy) is 1. The summed E-state index contributed by atoms with van der Waals surface area (Å²) in [4.78, 5) is 14.6. The Morgan fingerprint density at radius 2 is 2.11 bits per heavy atom. The first-order chi connectivity index (χ1) is 12.7. The van der Waals surface area contributed by atoms with Gasteiger partial charge >= 0.3 is 5.97 Å². The summed E-state index contributed by atoms with van der Waals surface area (Å²) >= 11 is 0. The largest absolute Gasteiger partial charge is 0.508 e. The SMILES string of the molecule is O=C(O)[C@H](Cc1c[nH]c2ccc(O)cc12)NC[C@@]1(O)OC[C@@H](O)[C@@H](O)[C@H]1O. The van der Waals surface area contributed by atoms with Crippen molar-refractivity contribution in [2.45, 2.75) is 36.6 Å². The Morgan fingerprint density at radius 1 is 1.37 bits per heavy atom. The minimum atomic E-state index is -2.25. The molecule has 0 radical (unpaired) electrons. The molecule has 1 aromatic carbocycles. The van der Waals surface area contributed by atoms with Crippen molar-refractivity contribution in [3.05, 3.63) is 30.0 Å². The number of carboxylic acids is 1. The van der Waals surface area contributed by atoms with Crippen LogP contribution in [0.1, 0.15) is 5.56 Å². The predicted molar refractivity (Wildman–Crippen MR) is 92.0 cm³/mol. The van der Waals surface area contributed by atoms with Crippen LogP contribution in [0.4, 0.5) is 0 Å². The topological polar surface area (TPSA) is 175 Å². The normalized spacial score (nSPS) is 29.7. The summed E-state index contributed by atoms with van der Waals surface area (Å²) in [5.74, 6) is -3.40. The number of carboxylic acid groups (broad SMARTS) is 1. The number of aromatic nitrogens is 1. The second kappa shape index (κ2) is 7.43. The average molecular weight is 382 g/mol. The van der Waals surface area contributed by atoms with E-state index in [4.69, 9.17) is 4.74 Å². The lowest BCUT2D eigenvalue weighted by Crippen LogP contribution is -2.65. The van der Waals surface area contributed by atoms with Gasteiger partial charge in [-0.25, -0.2) is 0 Å². The van der Waals surface area contributed by atoms with Gasteiger partial charge in [0.05, 0.1) is 13.2 Å². The lowest BCUT2D eigenvalue weighted by atomic mass is 9.96. The molecule has 10 nitrogen and oxygen atoms in total. The van der Waals surface area contributed by atoms with Crippen LogP contribution in [0.25, 0.3) is 10.9 Å². The molecule has 10 heteroatoms. The Morgan fingerprint density at radius 3 is 2.81 bits per heavy atom. The zero-order chi connectivity index (χ0) is 19.8. The molecule has 27 heavy (non-hydrogen) atoms. The van der Waals surface area contributed by atoms with Crippen molar-refractivity contribution in [2.24, 2.45) is 0 Å². The summed E-state index contributed by atoms with van der Waals surface area (Å²) in [5.41, 5.74) is 1.36. The zero-order valence-electron chi connectivity index (χ0n) is 14.2.